The fourth-order valence-electron chi connectivity index (χ4n) is 8.25. The van der Waals surface area contributed by atoms with Crippen LogP contribution in [0.4, 0.5) is 46.0 Å². The number of nitrogens with zero attached hydrogens (tertiary/aromatic N) is 7. The fourth-order valence-corrected chi connectivity index (χ4v) is 8.91. The van der Waals surface area contributed by atoms with E-state index in [-0.39, 0.29) is 17.7 Å². The van der Waals surface area contributed by atoms with E-state index in [1.54, 1.807) is 97.0 Å². The number of allylic oxidation sites excluding steroid dienone is 2. The Bertz CT molecular complexity index is 3980. The van der Waals surface area contributed by atoms with E-state index in [4.69, 9.17) is 40.5 Å². The first-order valence-corrected chi connectivity index (χ1v) is 27.8. The van der Waals surface area contributed by atoms with Crippen LogP contribution < -0.4 is 31.5 Å². The standard InChI is InChI=1S/C32H30ClN7O2.C26H21ClN6O.C4H4BrClO/c1-39(2)17-7-12-29(41)36-22-15-13-21(14-16-22)31(42)40(3)24-9-6-8-23(18-24)37-32-35-20-27(33)30(38-32)26-19-34-28-11-5-4-10-25(26)28;1-33(25(34)16-9-11-17(28)12-10-16)19-6-4-5-18(13-19)31-26-30-15-22(27)24(32-26)21-14-29-23-8-3-2-7-20(21)23;5-3-1-2-4(6)7/h4-16,18-20,34H,17H2,1-3H3,(H,36,41)(H,35,37,38);2-15,29H,28H2,1H3,(H,30,31,32);1-2H,3H2/b12-7+;;2-1+. The number of rotatable bonds is 16. The number of hydrogen-bond acceptors (Lipinski definition) is 12. The number of aromatic nitrogens is 6. The van der Waals surface area contributed by atoms with E-state index in [9.17, 15) is 19.2 Å². The number of anilines is 8. The number of carbonyl (C=O) groups is 4. The lowest BCUT2D eigenvalue weighted by Crippen LogP contribution is -2.26. The lowest BCUT2D eigenvalue weighted by Gasteiger charge is -2.19. The minimum absolute atomic E-state index is 0.137. The molecular formula is C62H55BrCl3N13O4. The van der Waals surface area contributed by atoms with E-state index in [0.29, 0.717) is 79.1 Å². The van der Waals surface area contributed by atoms with Gasteiger partial charge in [-0.1, -0.05) is 99.8 Å². The van der Waals surface area contributed by atoms with Gasteiger partial charge in [-0.25, -0.2) is 19.9 Å². The molecule has 0 saturated carbocycles. The van der Waals surface area contributed by atoms with Crippen molar-refractivity contribution in [3.63, 3.8) is 0 Å². The highest BCUT2D eigenvalue weighted by atomic mass is 79.9. The molecule has 420 valence electrons. The molecule has 4 aromatic heterocycles. The van der Waals surface area contributed by atoms with E-state index < -0.39 is 5.24 Å². The number of benzene rings is 6. The molecule has 0 fully saturated rings. The van der Waals surface area contributed by atoms with Gasteiger partial charge in [0.1, 0.15) is 0 Å². The largest absolute Gasteiger partial charge is 0.399 e. The first-order valence-electron chi connectivity index (χ1n) is 25.5. The lowest BCUT2D eigenvalue weighted by molar-refractivity contribution is -0.112. The Morgan fingerprint density at radius 2 is 1.06 bits per heavy atom. The Balaban J connectivity index is 0.000000198. The summed E-state index contributed by atoms with van der Waals surface area (Å²) in [7, 11) is 7.29. The maximum absolute atomic E-state index is 13.2. The van der Waals surface area contributed by atoms with Crippen LogP contribution in [0.5, 0.6) is 0 Å². The summed E-state index contributed by atoms with van der Waals surface area (Å²) in [5, 5.41) is 12.4. The topological polar surface area (TPSA) is 223 Å². The molecule has 4 heterocycles. The molecule has 21 heteroatoms. The van der Waals surface area contributed by atoms with Crippen LogP contribution in [-0.2, 0) is 9.59 Å². The van der Waals surface area contributed by atoms with Crippen molar-refractivity contribution in [1.29, 1.82) is 0 Å². The molecule has 0 atom stereocenters. The summed E-state index contributed by atoms with van der Waals surface area (Å²) < 4.78 is 0. The molecule has 0 aliphatic heterocycles. The van der Waals surface area contributed by atoms with Crippen LogP contribution in [0.15, 0.2) is 195 Å². The Kier molecular flexibility index (Phi) is 20.6. The maximum atomic E-state index is 13.2. The van der Waals surface area contributed by atoms with Crippen LogP contribution >= 0.6 is 50.7 Å². The van der Waals surface area contributed by atoms with Crippen molar-refractivity contribution in [2.24, 2.45) is 0 Å². The number of likely N-dealkylation sites (N-methyl/N-ethyl adjacent to an activating group) is 1. The van der Waals surface area contributed by atoms with Crippen molar-refractivity contribution in [2.75, 3.05) is 71.5 Å². The van der Waals surface area contributed by atoms with Gasteiger partial charge in [-0.3, -0.25) is 19.2 Å². The van der Waals surface area contributed by atoms with Crippen molar-refractivity contribution in [3.05, 3.63) is 216 Å². The first kappa shape index (κ1) is 59.9. The van der Waals surface area contributed by atoms with E-state index in [1.165, 1.54) is 12.2 Å². The number of amides is 3. The Morgan fingerprint density at radius 3 is 1.51 bits per heavy atom. The van der Waals surface area contributed by atoms with Crippen molar-refractivity contribution in [2.45, 2.75) is 0 Å². The zero-order valence-corrected chi connectivity index (χ0v) is 49.1. The van der Waals surface area contributed by atoms with E-state index in [2.05, 4.69) is 61.8 Å². The van der Waals surface area contributed by atoms with Gasteiger partial charge in [0.15, 0.2) is 0 Å². The van der Waals surface area contributed by atoms with Gasteiger partial charge in [0.05, 0.1) is 33.8 Å². The number of nitrogens with one attached hydrogen (secondary N) is 5. The van der Waals surface area contributed by atoms with Crippen molar-refractivity contribution in [3.8, 4) is 22.5 Å². The number of H-pyrrole nitrogens is 2. The van der Waals surface area contributed by atoms with E-state index >= 15 is 0 Å². The Labute approximate surface area is 502 Å². The normalized spacial score (nSPS) is 11.0. The van der Waals surface area contributed by atoms with E-state index in [0.717, 1.165) is 44.3 Å². The number of alkyl halides is 1. The highest BCUT2D eigenvalue weighted by Gasteiger charge is 2.18. The average Bonchev–Trinajstić information content (AvgIpc) is 4.32. The molecular weight excluding hydrogens is 1180 g/mol. The molecule has 0 aliphatic rings. The van der Waals surface area contributed by atoms with Gasteiger partial charge < -0.3 is 46.4 Å². The monoisotopic (exact) mass is 1230 g/mol. The average molecular weight is 1230 g/mol. The third kappa shape index (κ3) is 16.1. The summed E-state index contributed by atoms with van der Waals surface area (Å²) in [6.07, 6.45) is 13.1. The summed E-state index contributed by atoms with van der Waals surface area (Å²) >= 11 is 20.9. The van der Waals surface area contributed by atoms with Crippen molar-refractivity contribution < 1.29 is 19.2 Å². The van der Waals surface area contributed by atoms with Crippen LogP contribution in [-0.4, -0.2) is 97.8 Å². The minimum Gasteiger partial charge on any atom is -0.399 e. The third-order valence-corrected chi connectivity index (χ3v) is 13.5. The SMILES string of the molecule is CN(C(=O)c1ccc(N)cc1)c1cccc(Nc2ncc(Cl)c(-c3c[nH]c4ccccc34)n2)c1.CN(C)C/C=C/C(=O)Nc1ccc(C(=O)N(C)c2cccc(Nc3ncc(Cl)c(-c4c[nH]c5ccccc45)n3)c2)cc1.O=C(Cl)/C=C/CBr. The summed E-state index contributed by atoms with van der Waals surface area (Å²) in [6, 6.07) is 44.4. The third-order valence-electron chi connectivity index (χ3n) is 12.4. The second-order valence-electron chi connectivity index (χ2n) is 18.6. The summed E-state index contributed by atoms with van der Waals surface area (Å²) in [5.74, 6) is 0.215. The van der Waals surface area contributed by atoms with Gasteiger partial charge in [-0.05, 0) is 129 Å². The molecule has 17 nitrogen and oxygen atoms in total. The summed E-state index contributed by atoms with van der Waals surface area (Å²) in [5.41, 5.74) is 15.8. The molecule has 0 radical (unpaired) electrons. The molecule has 83 heavy (non-hydrogen) atoms. The van der Waals surface area contributed by atoms with Gasteiger partial charge in [-0.2, -0.15) is 0 Å². The van der Waals surface area contributed by atoms with Gasteiger partial charge in [0, 0.05) is 123 Å². The summed E-state index contributed by atoms with van der Waals surface area (Å²) in [6.45, 7) is 0.669. The highest BCUT2D eigenvalue weighted by molar-refractivity contribution is 9.09. The number of para-hydroxylation sites is 2. The predicted molar refractivity (Wildman–Crippen MR) is 341 cm³/mol. The molecule has 10 rings (SSSR count). The number of fused-ring (bicyclic) bond motifs is 2. The maximum Gasteiger partial charge on any atom is 0.258 e. The van der Waals surface area contributed by atoms with Gasteiger partial charge in [-0.15, -0.1) is 0 Å². The molecule has 0 aliphatic carbocycles. The smallest absolute Gasteiger partial charge is 0.258 e. The molecule has 0 unspecified atom stereocenters. The number of hydrogen-bond donors (Lipinski definition) is 6. The second-order valence-corrected chi connectivity index (χ2v) is 20.4. The summed E-state index contributed by atoms with van der Waals surface area (Å²) in [4.78, 5) is 77.7. The fraction of sp³-hybridized carbons (Fsp3) is 0.0968. The number of halogens is 4. The van der Waals surface area contributed by atoms with Crippen LogP contribution in [0.1, 0.15) is 20.7 Å². The predicted octanol–water partition coefficient (Wildman–Crippen LogP) is 13.9. The van der Waals surface area contributed by atoms with Crippen LogP contribution in [0.2, 0.25) is 10.0 Å². The van der Waals surface area contributed by atoms with Gasteiger partial charge in [0.2, 0.25) is 23.0 Å². The number of aromatic amines is 2. The van der Waals surface area contributed by atoms with Crippen molar-refractivity contribution in [1.82, 2.24) is 34.8 Å². The van der Waals surface area contributed by atoms with Crippen LogP contribution in [0.3, 0.4) is 0 Å². The highest BCUT2D eigenvalue weighted by Crippen LogP contribution is 2.35. The number of nitrogens with two attached hydrogens (primary N) is 1. The molecule has 6 aromatic carbocycles. The van der Waals surface area contributed by atoms with Gasteiger partial charge >= 0.3 is 0 Å². The molecule has 0 bridgehead atoms. The quantitative estimate of drug-likeness (QED) is 0.0230. The van der Waals surface area contributed by atoms with Gasteiger partial charge in [0.25, 0.3) is 11.8 Å². The Hall–Kier alpha value is -9.17. The first-order chi connectivity index (χ1) is 40.0. The molecule has 10 aromatic rings. The van der Waals surface area contributed by atoms with E-state index in [1.807, 2.05) is 128 Å². The molecule has 7 N–H and O–H groups in total. The zero-order chi connectivity index (χ0) is 59.0. The molecule has 0 spiro atoms. The zero-order valence-electron chi connectivity index (χ0n) is 45.2. The Morgan fingerprint density at radius 1 is 0.590 bits per heavy atom. The number of nitrogen functional groups attached to an aromatic ring is 1. The lowest BCUT2D eigenvalue weighted by atomic mass is 10.1. The molecule has 3 amide bonds. The second kappa shape index (κ2) is 28.5. The van der Waals surface area contributed by atoms with Crippen molar-refractivity contribution >= 4 is 142 Å². The number of carbonyl (C=O) groups excluding carboxylic acids is 4. The van der Waals surface area contributed by atoms with Crippen LogP contribution in [0.25, 0.3) is 44.3 Å². The van der Waals surface area contributed by atoms with Crippen LogP contribution in [0, 0.1) is 0 Å². The minimum atomic E-state index is -0.431. The molecule has 0 saturated heterocycles.